The number of hydrogen-bond acceptors (Lipinski definition) is 4. The fourth-order valence-corrected chi connectivity index (χ4v) is 2.22. The number of carbonyl (C=O) groups excluding carboxylic acids is 1. The number of azide groups is 1. The molecule has 1 heterocycles. The summed E-state index contributed by atoms with van der Waals surface area (Å²) in [5.74, 6) is -2.05. The Labute approximate surface area is 94.4 Å². The van der Waals surface area contributed by atoms with E-state index < -0.39 is 16.9 Å². The molecule has 2 aliphatic rings. The fourth-order valence-electron chi connectivity index (χ4n) is 1.54. The summed E-state index contributed by atoms with van der Waals surface area (Å²) in [6.07, 6.45) is 0. The van der Waals surface area contributed by atoms with Gasteiger partial charge in [0.2, 0.25) is 5.79 Å². The predicted molar refractivity (Wildman–Crippen MR) is 51.3 cm³/mol. The van der Waals surface area contributed by atoms with Crippen LogP contribution in [0.4, 0.5) is 0 Å². The van der Waals surface area contributed by atoms with Gasteiger partial charge in [-0.2, -0.15) is 0 Å². The number of ether oxygens (including phenoxy) is 2. The number of allylic oxidation sites excluding steroid dienone is 1. The number of alkyl halides is 1. The van der Waals surface area contributed by atoms with E-state index >= 15 is 0 Å². The van der Waals surface area contributed by atoms with Crippen molar-refractivity contribution in [3.05, 3.63) is 21.2 Å². The van der Waals surface area contributed by atoms with Gasteiger partial charge >= 0.3 is 0 Å². The number of carbonyl (C=O) groups is 1. The van der Waals surface area contributed by atoms with Crippen LogP contribution in [0.25, 0.3) is 10.4 Å². The largest absolute Gasteiger partial charge is 0.342 e. The highest BCUT2D eigenvalue weighted by atomic mass is 35.5. The van der Waals surface area contributed by atoms with Crippen LogP contribution in [0.1, 0.15) is 0 Å². The summed E-state index contributed by atoms with van der Waals surface area (Å²) in [5.41, 5.74) is 8.27. The van der Waals surface area contributed by atoms with Gasteiger partial charge in [-0.1, -0.05) is 16.7 Å². The molecule has 15 heavy (non-hydrogen) atoms. The van der Waals surface area contributed by atoms with E-state index in [1.165, 1.54) is 0 Å². The van der Waals surface area contributed by atoms with Gasteiger partial charge in [-0.15, -0.1) is 11.6 Å². The molecule has 0 saturated carbocycles. The zero-order valence-electron chi connectivity index (χ0n) is 7.31. The van der Waals surface area contributed by atoms with E-state index in [4.69, 9.17) is 38.2 Å². The monoisotopic (exact) mass is 249 g/mol. The lowest BCUT2D eigenvalue weighted by Crippen LogP contribution is -2.40. The average Bonchev–Trinajstić information content (AvgIpc) is 2.77. The fraction of sp³-hybridized carbons (Fsp3) is 0.571. The van der Waals surface area contributed by atoms with Gasteiger partial charge in [0.05, 0.1) is 23.9 Å². The van der Waals surface area contributed by atoms with E-state index in [1.54, 1.807) is 0 Å². The average molecular weight is 250 g/mol. The van der Waals surface area contributed by atoms with Crippen molar-refractivity contribution in [2.24, 2.45) is 5.11 Å². The van der Waals surface area contributed by atoms with E-state index in [9.17, 15) is 4.79 Å². The molecule has 0 amide bonds. The van der Waals surface area contributed by atoms with Crippen LogP contribution in [0.2, 0.25) is 0 Å². The summed E-state index contributed by atoms with van der Waals surface area (Å²) in [7, 11) is 0. The zero-order valence-corrected chi connectivity index (χ0v) is 8.83. The molecule has 8 heteroatoms. The van der Waals surface area contributed by atoms with E-state index in [1.807, 2.05) is 0 Å². The molecule has 80 valence electrons. The molecule has 0 radical (unpaired) electrons. The summed E-state index contributed by atoms with van der Waals surface area (Å²) in [6.45, 7) is 0.538. The first kappa shape index (κ1) is 10.7. The molecule has 0 bridgehead atoms. The molecular weight excluding hydrogens is 245 g/mol. The molecule has 0 aromatic carbocycles. The lowest BCUT2D eigenvalue weighted by Gasteiger charge is -2.25. The van der Waals surface area contributed by atoms with Crippen LogP contribution in [-0.4, -0.2) is 30.2 Å². The quantitative estimate of drug-likeness (QED) is 0.307. The highest BCUT2D eigenvalue weighted by molar-refractivity contribution is 6.50. The van der Waals surface area contributed by atoms with Gasteiger partial charge < -0.3 is 9.47 Å². The maximum Gasteiger partial charge on any atom is 0.223 e. The standard InChI is InChI=1S/C7H5Cl2N3O3/c8-3-4(13)5(9)7(6(3)11-12-10)14-1-2-15-7/h5H,1-2H2. The maximum atomic E-state index is 11.5. The molecule has 2 rings (SSSR count). The van der Waals surface area contributed by atoms with E-state index in [-0.39, 0.29) is 23.9 Å². The van der Waals surface area contributed by atoms with E-state index in [0.29, 0.717) is 0 Å². The SMILES string of the molecule is [N-]=[N+]=NC1=C(Cl)C(=O)C(Cl)C12OCCO2. The first-order chi connectivity index (χ1) is 7.13. The molecule has 1 aliphatic heterocycles. The molecule has 1 spiro atoms. The number of rotatable bonds is 1. The lowest BCUT2D eigenvalue weighted by atomic mass is 10.2. The molecule has 6 nitrogen and oxygen atoms in total. The van der Waals surface area contributed by atoms with Crippen molar-refractivity contribution >= 4 is 29.0 Å². The first-order valence-corrected chi connectivity index (χ1v) is 4.86. The van der Waals surface area contributed by atoms with Crippen LogP contribution in [0, 0.1) is 0 Å². The van der Waals surface area contributed by atoms with Crippen LogP contribution in [-0.2, 0) is 14.3 Å². The van der Waals surface area contributed by atoms with Crippen LogP contribution >= 0.6 is 23.2 Å². The van der Waals surface area contributed by atoms with Gasteiger partial charge in [-0.3, -0.25) is 4.79 Å². The van der Waals surface area contributed by atoms with Crippen molar-refractivity contribution in [1.82, 2.24) is 0 Å². The van der Waals surface area contributed by atoms with Gasteiger partial charge in [0.25, 0.3) is 0 Å². The third-order valence-corrected chi connectivity index (χ3v) is 3.03. The number of ketones is 1. The number of hydrogen-bond donors (Lipinski definition) is 0. The predicted octanol–water partition coefficient (Wildman–Crippen LogP) is 1.68. The van der Waals surface area contributed by atoms with Gasteiger partial charge in [-0.05, 0) is 5.53 Å². The molecule has 0 aromatic rings. The third-order valence-electron chi connectivity index (χ3n) is 2.18. The summed E-state index contributed by atoms with van der Waals surface area (Å²) < 4.78 is 10.5. The highest BCUT2D eigenvalue weighted by Gasteiger charge is 2.57. The summed E-state index contributed by atoms with van der Waals surface area (Å²) >= 11 is 11.5. The molecule has 1 fully saturated rings. The Morgan fingerprint density at radius 3 is 2.67 bits per heavy atom. The molecular formula is C7H5Cl2N3O3. The maximum absolute atomic E-state index is 11.5. The van der Waals surface area contributed by atoms with Gasteiger partial charge in [0, 0.05) is 4.91 Å². The summed E-state index contributed by atoms with van der Waals surface area (Å²) in [6, 6.07) is 0. The van der Waals surface area contributed by atoms with Crippen molar-refractivity contribution in [2.75, 3.05) is 13.2 Å². The second-order valence-electron chi connectivity index (χ2n) is 2.94. The second kappa shape index (κ2) is 3.66. The van der Waals surface area contributed by atoms with E-state index in [2.05, 4.69) is 10.0 Å². The lowest BCUT2D eigenvalue weighted by molar-refractivity contribution is -0.137. The normalized spacial score (nSPS) is 28.7. The minimum atomic E-state index is -1.50. The van der Waals surface area contributed by atoms with E-state index in [0.717, 1.165) is 0 Å². The topological polar surface area (TPSA) is 84.3 Å². The Morgan fingerprint density at radius 1 is 1.53 bits per heavy atom. The van der Waals surface area contributed by atoms with Crippen LogP contribution in [0.5, 0.6) is 0 Å². The molecule has 1 atom stereocenters. The Kier molecular flexibility index (Phi) is 2.62. The van der Waals surface area contributed by atoms with Crippen LogP contribution < -0.4 is 0 Å². The van der Waals surface area contributed by atoms with Crippen LogP contribution in [0.3, 0.4) is 0 Å². The highest BCUT2D eigenvalue weighted by Crippen LogP contribution is 2.45. The summed E-state index contributed by atoms with van der Waals surface area (Å²) in [5, 5.41) is 1.98. The van der Waals surface area contributed by atoms with Crippen molar-refractivity contribution < 1.29 is 14.3 Å². The first-order valence-electron chi connectivity index (χ1n) is 4.05. The molecule has 1 saturated heterocycles. The van der Waals surface area contributed by atoms with Crippen molar-refractivity contribution in [1.29, 1.82) is 0 Å². The van der Waals surface area contributed by atoms with Gasteiger partial charge in [0.15, 0.2) is 11.2 Å². The smallest absolute Gasteiger partial charge is 0.223 e. The number of Topliss-reactive ketones (excluding diaryl/α,β-unsaturated/α-hetero) is 1. The minimum Gasteiger partial charge on any atom is -0.342 e. The Bertz CT molecular complexity index is 396. The summed E-state index contributed by atoms with van der Waals surface area (Å²) in [4.78, 5) is 14.1. The van der Waals surface area contributed by atoms with Crippen molar-refractivity contribution in [3.8, 4) is 0 Å². The minimum absolute atomic E-state index is 0.0887. The number of nitrogens with zero attached hydrogens (tertiary/aromatic N) is 3. The second-order valence-corrected chi connectivity index (χ2v) is 3.76. The third kappa shape index (κ3) is 1.34. The molecule has 1 aliphatic carbocycles. The number of halogens is 2. The van der Waals surface area contributed by atoms with Crippen LogP contribution in [0.15, 0.2) is 15.8 Å². The molecule has 0 aromatic heterocycles. The Hall–Kier alpha value is -0.780. The van der Waals surface area contributed by atoms with Crippen molar-refractivity contribution in [3.63, 3.8) is 0 Å². The van der Waals surface area contributed by atoms with Crippen molar-refractivity contribution in [2.45, 2.75) is 11.2 Å². The van der Waals surface area contributed by atoms with Gasteiger partial charge in [-0.25, -0.2) is 0 Å². The zero-order chi connectivity index (χ0) is 11.1. The molecule has 1 unspecified atom stereocenters. The molecule has 0 N–H and O–H groups in total. The Balaban J connectivity index is 2.53. The van der Waals surface area contributed by atoms with Gasteiger partial charge in [0.1, 0.15) is 0 Å². The Morgan fingerprint density at radius 2 is 2.13 bits per heavy atom.